The number of carbonyl (C=O) groups is 1. The largest absolute Gasteiger partial charge is 0.352 e. The predicted molar refractivity (Wildman–Crippen MR) is 61.6 cm³/mol. The molecule has 0 fully saturated rings. The van der Waals surface area contributed by atoms with E-state index in [9.17, 15) is 4.79 Å². The van der Waals surface area contributed by atoms with Gasteiger partial charge in [0, 0.05) is 6.54 Å². The van der Waals surface area contributed by atoms with Crippen molar-refractivity contribution in [1.29, 1.82) is 0 Å². The molecule has 0 aliphatic rings. The second kappa shape index (κ2) is 4.34. The van der Waals surface area contributed by atoms with Gasteiger partial charge in [-0.3, -0.25) is 0 Å². The molecule has 1 aromatic rings. The third kappa shape index (κ3) is 3.62. The van der Waals surface area contributed by atoms with Gasteiger partial charge in [0.2, 0.25) is 0 Å². The van der Waals surface area contributed by atoms with Gasteiger partial charge in [0.25, 0.3) is 0 Å². The zero-order valence-corrected chi connectivity index (χ0v) is 9.50. The molecule has 3 nitrogen and oxygen atoms in total. The molecule has 1 rings (SSSR count). The van der Waals surface area contributed by atoms with Crippen LogP contribution in [0.25, 0.3) is 0 Å². The molecule has 0 aromatic heterocycles. The minimum atomic E-state index is -0.491. The van der Waals surface area contributed by atoms with Crippen molar-refractivity contribution < 1.29 is 4.79 Å². The van der Waals surface area contributed by atoms with Crippen LogP contribution in [0.2, 0.25) is 0 Å². The minimum Gasteiger partial charge on any atom is -0.352 e. The summed E-state index contributed by atoms with van der Waals surface area (Å²) >= 11 is 0. The SMILES string of the molecule is CC(C)(C)c1ccc(CNC(N)=O)cc1. The van der Waals surface area contributed by atoms with Crippen LogP contribution in [0.5, 0.6) is 0 Å². The van der Waals surface area contributed by atoms with Gasteiger partial charge in [-0.1, -0.05) is 45.0 Å². The fraction of sp³-hybridized carbons (Fsp3) is 0.417. The highest BCUT2D eigenvalue weighted by Gasteiger charge is 2.12. The number of hydrogen-bond acceptors (Lipinski definition) is 1. The number of primary amides is 1. The van der Waals surface area contributed by atoms with Crippen LogP contribution in [0, 0.1) is 0 Å². The van der Waals surface area contributed by atoms with Crippen LogP contribution in [-0.4, -0.2) is 6.03 Å². The summed E-state index contributed by atoms with van der Waals surface area (Å²) in [5.41, 5.74) is 7.49. The van der Waals surface area contributed by atoms with Crippen molar-refractivity contribution in [1.82, 2.24) is 5.32 Å². The van der Waals surface area contributed by atoms with Crippen molar-refractivity contribution in [3.05, 3.63) is 35.4 Å². The van der Waals surface area contributed by atoms with E-state index in [-0.39, 0.29) is 5.41 Å². The highest BCUT2D eigenvalue weighted by atomic mass is 16.2. The maximum absolute atomic E-state index is 10.5. The lowest BCUT2D eigenvalue weighted by Crippen LogP contribution is -2.28. The molecule has 0 bridgehead atoms. The number of hydrogen-bond donors (Lipinski definition) is 2. The van der Waals surface area contributed by atoms with E-state index >= 15 is 0 Å². The Kier molecular flexibility index (Phi) is 3.35. The van der Waals surface area contributed by atoms with Gasteiger partial charge in [-0.05, 0) is 16.5 Å². The van der Waals surface area contributed by atoms with Gasteiger partial charge in [0.1, 0.15) is 0 Å². The number of rotatable bonds is 2. The molecule has 0 heterocycles. The van der Waals surface area contributed by atoms with Crippen LogP contribution in [-0.2, 0) is 12.0 Å². The summed E-state index contributed by atoms with van der Waals surface area (Å²) in [6, 6.07) is 7.69. The molecular weight excluding hydrogens is 188 g/mol. The Morgan fingerprint density at radius 1 is 1.27 bits per heavy atom. The first-order chi connectivity index (χ1) is 6.89. The highest BCUT2D eigenvalue weighted by molar-refractivity contribution is 5.71. The van der Waals surface area contributed by atoms with Crippen LogP contribution in [0.1, 0.15) is 31.9 Å². The quantitative estimate of drug-likeness (QED) is 0.765. The van der Waals surface area contributed by atoms with E-state index in [4.69, 9.17) is 5.73 Å². The average Bonchev–Trinajstić information content (AvgIpc) is 2.14. The molecule has 2 amide bonds. The molecule has 0 aliphatic heterocycles. The molecule has 82 valence electrons. The van der Waals surface area contributed by atoms with E-state index in [2.05, 4.69) is 38.2 Å². The number of nitrogens with two attached hydrogens (primary N) is 1. The van der Waals surface area contributed by atoms with Gasteiger partial charge in [-0.2, -0.15) is 0 Å². The lowest BCUT2D eigenvalue weighted by atomic mass is 9.87. The first-order valence-corrected chi connectivity index (χ1v) is 5.02. The second-order valence-corrected chi connectivity index (χ2v) is 4.66. The molecule has 3 heteroatoms. The minimum absolute atomic E-state index is 0.162. The summed E-state index contributed by atoms with van der Waals surface area (Å²) in [5, 5.41) is 2.56. The highest BCUT2D eigenvalue weighted by Crippen LogP contribution is 2.21. The average molecular weight is 206 g/mol. The van der Waals surface area contributed by atoms with E-state index in [1.165, 1.54) is 5.56 Å². The van der Waals surface area contributed by atoms with Gasteiger partial charge < -0.3 is 11.1 Å². The van der Waals surface area contributed by atoms with E-state index in [0.29, 0.717) is 6.54 Å². The fourth-order valence-corrected chi connectivity index (χ4v) is 1.31. The lowest BCUT2D eigenvalue weighted by molar-refractivity contribution is 0.248. The topological polar surface area (TPSA) is 55.1 Å². The zero-order chi connectivity index (χ0) is 11.5. The Morgan fingerprint density at radius 2 is 1.80 bits per heavy atom. The van der Waals surface area contributed by atoms with Crippen LogP contribution in [0.15, 0.2) is 24.3 Å². The van der Waals surface area contributed by atoms with Gasteiger partial charge in [-0.25, -0.2) is 4.79 Å². The molecular formula is C12H18N2O. The monoisotopic (exact) mass is 206 g/mol. The summed E-state index contributed by atoms with van der Waals surface area (Å²) in [5.74, 6) is 0. The first kappa shape index (κ1) is 11.6. The Labute approximate surface area is 90.7 Å². The van der Waals surface area contributed by atoms with E-state index in [1.807, 2.05) is 12.1 Å². The molecule has 1 aromatic carbocycles. The summed E-state index contributed by atoms with van der Waals surface area (Å²) in [7, 11) is 0. The van der Waals surface area contributed by atoms with Crippen molar-refractivity contribution in [3.63, 3.8) is 0 Å². The molecule has 15 heavy (non-hydrogen) atoms. The van der Waals surface area contributed by atoms with Crippen molar-refractivity contribution in [3.8, 4) is 0 Å². The first-order valence-electron chi connectivity index (χ1n) is 5.02. The van der Waals surface area contributed by atoms with Gasteiger partial charge in [0.15, 0.2) is 0 Å². The van der Waals surface area contributed by atoms with Crippen molar-refractivity contribution in [2.45, 2.75) is 32.7 Å². The summed E-state index contributed by atoms with van der Waals surface area (Å²) in [6.45, 7) is 7.00. The van der Waals surface area contributed by atoms with Crippen molar-refractivity contribution in [2.24, 2.45) is 5.73 Å². The van der Waals surface area contributed by atoms with Crippen LogP contribution < -0.4 is 11.1 Å². The lowest BCUT2D eigenvalue weighted by Gasteiger charge is -2.19. The summed E-state index contributed by atoms with van der Waals surface area (Å²) < 4.78 is 0. The smallest absolute Gasteiger partial charge is 0.312 e. The zero-order valence-electron chi connectivity index (χ0n) is 9.50. The van der Waals surface area contributed by atoms with Crippen molar-refractivity contribution in [2.75, 3.05) is 0 Å². The predicted octanol–water partition coefficient (Wildman–Crippen LogP) is 2.15. The molecule has 0 unspecified atom stereocenters. The van der Waals surface area contributed by atoms with E-state index < -0.39 is 6.03 Å². The van der Waals surface area contributed by atoms with Gasteiger partial charge in [0.05, 0.1) is 0 Å². The Bertz CT molecular complexity index is 336. The molecule has 3 N–H and O–H groups in total. The number of amides is 2. The Morgan fingerprint density at radius 3 is 2.20 bits per heavy atom. The maximum Gasteiger partial charge on any atom is 0.312 e. The van der Waals surface area contributed by atoms with Crippen LogP contribution >= 0.6 is 0 Å². The molecule has 0 saturated carbocycles. The third-order valence-electron chi connectivity index (χ3n) is 2.29. The molecule has 0 aliphatic carbocycles. The second-order valence-electron chi connectivity index (χ2n) is 4.66. The standard InChI is InChI=1S/C12H18N2O/c1-12(2,3)10-6-4-9(5-7-10)8-14-11(13)15/h4-7H,8H2,1-3H3,(H3,13,14,15). The number of urea groups is 1. The molecule has 0 radical (unpaired) electrons. The maximum atomic E-state index is 10.5. The Balaban J connectivity index is 2.69. The fourth-order valence-electron chi connectivity index (χ4n) is 1.31. The van der Waals surface area contributed by atoms with Crippen LogP contribution in [0.3, 0.4) is 0 Å². The normalized spacial score (nSPS) is 11.1. The summed E-state index contributed by atoms with van der Waals surface area (Å²) in [6.07, 6.45) is 0. The van der Waals surface area contributed by atoms with E-state index in [1.54, 1.807) is 0 Å². The van der Waals surface area contributed by atoms with E-state index in [0.717, 1.165) is 5.56 Å². The van der Waals surface area contributed by atoms with Crippen LogP contribution in [0.4, 0.5) is 4.79 Å². The summed E-state index contributed by atoms with van der Waals surface area (Å²) in [4.78, 5) is 10.5. The number of carbonyl (C=O) groups excluding carboxylic acids is 1. The number of nitrogens with one attached hydrogen (secondary N) is 1. The number of benzene rings is 1. The third-order valence-corrected chi connectivity index (χ3v) is 2.29. The Hall–Kier alpha value is -1.51. The van der Waals surface area contributed by atoms with Gasteiger partial charge in [-0.15, -0.1) is 0 Å². The van der Waals surface area contributed by atoms with Crippen molar-refractivity contribution >= 4 is 6.03 Å². The molecule has 0 spiro atoms. The van der Waals surface area contributed by atoms with Gasteiger partial charge >= 0.3 is 6.03 Å². The molecule has 0 saturated heterocycles. The molecule has 0 atom stereocenters.